The smallest absolute Gasteiger partial charge is 0.131 e. The van der Waals surface area contributed by atoms with Crippen LogP contribution in [0.2, 0.25) is 0 Å². The van der Waals surface area contributed by atoms with E-state index < -0.39 is 11.4 Å². The molecule has 0 spiro atoms. The van der Waals surface area contributed by atoms with Gasteiger partial charge in [-0.25, -0.2) is 4.39 Å². The number of nitrogens with zero attached hydrogens (tertiary/aromatic N) is 1. The lowest BCUT2D eigenvalue weighted by Crippen LogP contribution is -2.28. The summed E-state index contributed by atoms with van der Waals surface area (Å²) in [4.78, 5) is 0. The van der Waals surface area contributed by atoms with Gasteiger partial charge in [-0.05, 0) is 55.8 Å². The molecule has 1 unspecified atom stereocenters. The van der Waals surface area contributed by atoms with E-state index in [1.54, 1.807) is 6.08 Å². The minimum atomic E-state index is -0.512. The third-order valence-corrected chi connectivity index (χ3v) is 4.76. The summed E-state index contributed by atoms with van der Waals surface area (Å²) in [6.45, 7) is 10.7. The fourth-order valence-electron chi connectivity index (χ4n) is 3.26. The number of benzene rings is 1. The number of ether oxygens (including phenoxy) is 2. The van der Waals surface area contributed by atoms with Crippen molar-refractivity contribution in [2.75, 3.05) is 6.61 Å². The molecular weight excluding hydrogens is 397 g/mol. The van der Waals surface area contributed by atoms with Gasteiger partial charge in [0.1, 0.15) is 17.3 Å². The first kappa shape index (κ1) is 20.4. The lowest BCUT2D eigenvalue weighted by molar-refractivity contribution is 0.00204. The second kappa shape index (κ2) is 8.66. The van der Waals surface area contributed by atoms with Gasteiger partial charge in [0.15, 0.2) is 0 Å². The molecule has 2 rings (SSSR count). The zero-order chi connectivity index (χ0) is 19.3. The molecule has 3 nitrogen and oxygen atoms in total. The monoisotopic (exact) mass is 419 g/mol. The lowest BCUT2D eigenvalue weighted by atomic mass is 9.96. The van der Waals surface area contributed by atoms with Crippen molar-refractivity contribution in [2.45, 2.75) is 45.6 Å². The van der Waals surface area contributed by atoms with Gasteiger partial charge in [0.05, 0.1) is 17.2 Å². The zero-order valence-corrected chi connectivity index (χ0v) is 17.0. The molecule has 138 valence electrons. The van der Waals surface area contributed by atoms with Crippen molar-refractivity contribution in [1.82, 2.24) is 0 Å². The number of nitriles is 1. The molecule has 0 radical (unpaired) electrons. The standard InChI is InChI=1S/C21H23BrFNO2/c1-5-9-25-21(4)8-7-18(20(21)14(3)22)19(6-2)26-17-11-15(13-24)10-16(23)12-17/h6,10-12H,2,5,7-9H2,1,3-4H3/b19-18+,20-14-. The molecule has 0 N–H and O–H groups in total. The van der Waals surface area contributed by atoms with Crippen LogP contribution in [0.15, 0.2) is 52.2 Å². The average molecular weight is 420 g/mol. The largest absolute Gasteiger partial charge is 0.457 e. The maximum Gasteiger partial charge on any atom is 0.131 e. The first-order valence-corrected chi connectivity index (χ1v) is 9.39. The molecule has 0 aliphatic heterocycles. The topological polar surface area (TPSA) is 42.2 Å². The summed E-state index contributed by atoms with van der Waals surface area (Å²) in [5.74, 6) is 0.318. The third-order valence-electron chi connectivity index (χ3n) is 4.36. The summed E-state index contributed by atoms with van der Waals surface area (Å²) < 4.78 is 26.7. The summed E-state index contributed by atoms with van der Waals surface area (Å²) in [7, 11) is 0. The van der Waals surface area contributed by atoms with E-state index in [9.17, 15) is 4.39 Å². The van der Waals surface area contributed by atoms with Crippen molar-refractivity contribution < 1.29 is 13.9 Å². The molecule has 1 atom stereocenters. The molecule has 1 aliphatic carbocycles. The molecule has 1 aromatic carbocycles. The minimum Gasteiger partial charge on any atom is -0.457 e. The van der Waals surface area contributed by atoms with E-state index in [1.165, 1.54) is 18.2 Å². The quantitative estimate of drug-likeness (QED) is 0.518. The van der Waals surface area contributed by atoms with Crippen LogP contribution in [-0.2, 0) is 4.74 Å². The average Bonchev–Trinajstić information content (AvgIpc) is 2.95. The fourth-order valence-corrected chi connectivity index (χ4v) is 3.92. The molecule has 0 bridgehead atoms. The van der Waals surface area contributed by atoms with Crippen LogP contribution >= 0.6 is 15.9 Å². The van der Waals surface area contributed by atoms with Crippen molar-refractivity contribution in [3.05, 3.63) is 63.6 Å². The number of rotatable bonds is 6. The maximum atomic E-state index is 13.7. The molecule has 26 heavy (non-hydrogen) atoms. The van der Waals surface area contributed by atoms with Crippen LogP contribution in [0.4, 0.5) is 4.39 Å². The molecule has 1 saturated carbocycles. The summed E-state index contributed by atoms with van der Waals surface area (Å²) >= 11 is 3.60. The van der Waals surface area contributed by atoms with Crippen LogP contribution < -0.4 is 4.74 Å². The highest BCUT2D eigenvalue weighted by atomic mass is 79.9. The third kappa shape index (κ3) is 4.44. The Kier molecular flexibility index (Phi) is 6.80. The second-order valence-corrected chi connectivity index (χ2v) is 7.61. The Morgan fingerprint density at radius 2 is 2.19 bits per heavy atom. The van der Waals surface area contributed by atoms with Crippen LogP contribution in [0.5, 0.6) is 5.75 Å². The predicted octanol–water partition coefficient (Wildman–Crippen LogP) is 6.16. The van der Waals surface area contributed by atoms with Crippen LogP contribution in [0.25, 0.3) is 0 Å². The number of hydrogen-bond donors (Lipinski definition) is 0. The number of allylic oxidation sites excluding steroid dienone is 2. The van der Waals surface area contributed by atoms with Crippen LogP contribution in [0.3, 0.4) is 0 Å². The molecule has 0 heterocycles. The summed E-state index contributed by atoms with van der Waals surface area (Å²) in [6.07, 6.45) is 4.15. The SMILES string of the molecule is C=C/C(Oc1cc(F)cc(C#N)c1)=C1/CCC(C)(OCCC)/C1=C(/C)Br. The van der Waals surface area contributed by atoms with E-state index in [1.807, 2.05) is 13.0 Å². The van der Waals surface area contributed by atoms with Crippen molar-refractivity contribution in [3.63, 3.8) is 0 Å². The van der Waals surface area contributed by atoms with E-state index in [2.05, 4.69) is 36.4 Å². The Hall–Kier alpha value is -1.90. The van der Waals surface area contributed by atoms with Gasteiger partial charge in [-0.3, -0.25) is 0 Å². The highest BCUT2D eigenvalue weighted by Crippen LogP contribution is 2.46. The van der Waals surface area contributed by atoms with Crippen molar-refractivity contribution in [1.29, 1.82) is 5.26 Å². The molecule has 0 saturated heterocycles. The number of halogens is 2. The van der Waals surface area contributed by atoms with Crippen LogP contribution in [0, 0.1) is 17.1 Å². The second-order valence-electron chi connectivity index (χ2n) is 6.42. The Morgan fingerprint density at radius 3 is 2.77 bits per heavy atom. The number of hydrogen-bond acceptors (Lipinski definition) is 3. The first-order valence-electron chi connectivity index (χ1n) is 8.60. The van der Waals surface area contributed by atoms with Gasteiger partial charge in [0, 0.05) is 23.8 Å². The van der Waals surface area contributed by atoms with Gasteiger partial charge in [-0.15, -0.1) is 0 Å². The summed E-state index contributed by atoms with van der Waals surface area (Å²) in [5.41, 5.74) is 1.83. The van der Waals surface area contributed by atoms with Gasteiger partial charge in [-0.2, -0.15) is 5.26 Å². The predicted molar refractivity (Wildman–Crippen MR) is 104 cm³/mol. The van der Waals surface area contributed by atoms with Crippen molar-refractivity contribution in [3.8, 4) is 11.8 Å². The Balaban J connectivity index is 2.45. The van der Waals surface area contributed by atoms with Crippen LogP contribution in [0.1, 0.15) is 45.6 Å². The fraction of sp³-hybridized carbons (Fsp3) is 0.381. The molecule has 1 fully saturated rings. The normalized spacial score (nSPS) is 23.4. The highest BCUT2D eigenvalue weighted by molar-refractivity contribution is 9.11. The van der Waals surface area contributed by atoms with E-state index in [0.29, 0.717) is 12.4 Å². The van der Waals surface area contributed by atoms with Crippen LogP contribution in [-0.4, -0.2) is 12.2 Å². The Morgan fingerprint density at radius 1 is 1.46 bits per heavy atom. The van der Waals surface area contributed by atoms with Gasteiger partial charge in [0.25, 0.3) is 0 Å². The van der Waals surface area contributed by atoms with E-state index >= 15 is 0 Å². The Bertz CT molecular complexity index is 803. The van der Waals surface area contributed by atoms with Gasteiger partial charge in [-0.1, -0.05) is 29.4 Å². The zero-order valence-electron chi connectivity index (χ0n) is 15.4. The summed E-state index contributed by atoms with van der Waals surface area (Å²) in [5, 5.41) is 9.02. The summed E-state index contributed by atoms with van der Waals surface area (Å²) in [6, 6.07) is 5.88. The molecular formula is C21H23BrFNO2. The first-order chi connectivity index (χ1) is 12.3. The molecule has 1 aromatic rings. The van der Waals surface area contributed by atoms with E-state index in [-0.39, 0.29) is 11.3 Å². The van der Waals surface area contributed by atoms with Gasteiger partial charge < -0.3 is 9.47 Å². The molecule has 0 aromatic heterocycles. The maximum absolute atomic E-state index is 13.7. The van der Waals surface area contributed by atoms with E-state index in [0.717, 1.165) is 34.9 Å². The van der Waals surface area contributed by atoms with E-state index in [4.69, 9.17) is 14.7 Å². The highest BCUT2D eigenvalue weighted by Gasteiger charge is 2.40. The molecule has 5 heteroatoms. The van der Waals surface area contributed by atoms with Gasteiger partial charge in [0.2, 0.25) is 0 Å². The van der Waals surface area contributed by atoms with Gasteiger partial charge >= 0.3 is 0 Å². The lowest BCUT2D eigenvalue weighted by Gasteiger charge is -2.28. The Labute approximate surface area is 162 Å². The minimum absolute atomic E-state index is 0.211. The van der Waals surface area contributed by atoms with Crippen molar-refractivity contribution in [2.24, 2.45) is 0 Å². The van der Waals surface area contributed by atoms with Crippen molar-refractivity contribution >= 4 is 15.9 Å². The molecule has 0 amide bonds. The molecule has 1 aliphatic rings.